The fraction of sp³-hybridized carbons (Fsp3) is 0.533. The number of hydrogen-bond donors (Lipinski definition) is 1. The van der Waals surface area contributed by atoms with E-state index in [1.807, 2.05) is 29.9 Å². The first-order valence-corrected chi connectivity index (χ1v) is 6.91. The molecule has 0 aliphatic rings. The van der Waals surface area contributed by atoms with Crippen molar-refractivity contribution in [3.05, 3.63) is 41.6 Å². The van der Waals surface area contributed by atoms with Crippen molar-refractivity contribution in [2.45, 2.75) is 52.2 Å². The third-order valence-corrected chi connectivity index (χ3v) is 3.64. The number of aliphatic hydroxyl groups is 1. The maximum absolute atomic E-state index is 10.2. The molecule has 1 N–H and O–H groups in total. The van der Waals surface area contributed by atoms with Gasteiger partial charge in [0.1, 0.15) is 5.76 Å². The smallest absolute Gasteiger partial charge is 0.106 e. The van der Waals surface area contributed by atoms with Crippen molar-refractivity contribution in [2.24, 2.45) is 0 Å². The number of rotatable bonds is 6. The summed E-state index contributed by atoms with van der Waals surface area (Å²) in [5.74, 6) is 0.770. The van der Waals surface area contributed by atoms with Crippen molar-refractivity contribution < 1.29 is 9.52 Å². The third kappa shape index (κ3) is 3.07. The number of aryl methyl sites for hydroxylation is 1. The van der Waals surface area contributed by atoms with Gasteiger partial charge < -0.3 is 9.52 Å². The Morgan fingerprint density at radius 3 is 2.63 bits per heavy atom. The van der Waals surface area contributed by atoms with Gasteiger partial charge in [0.05, 0.1) is 24.1 Å². The van der Waals surface area contributed by atoms with E-state index in [0.717, 1.165) is 29.9 Å². The summed E-state index contributed by atoms with van der Waals surface area (Å²) in [5.41, 5.74) is 1.76. The number of furan rings is 1. The molecule has 4 heteroatoms. The van der Waals surface area contributed by atoms with Crippen molar-refractivity contribution in [1.29, 1.82) is 0 Å². The van der Waals surface area contributed by atoms with Gasteiger partial charge in [0.15, 0.2) is 0 Å². The monoisotopic (exact) mass is 262 g/mol. The molecule has 1 atom stereocenters. The zero-order valence-electron chi connectivity index (χ0n) is 11.8. The maximum Gasteiger partial charge on any atom is 0.106 e. The first kappa shape index (κ1) is 13.9. The van der Waals surface area contributed by atoms with Crippen molar-refractivity contribution in [2.75, 3.05) is 0 Å². The van der Waals surface area contributed by atoms with Crippen molar-refractivity contribution in [3.63, 3.8) is 0 Å². The molecule has 0 aliphatic carbocycles. The summed E-state index contributed by atoms with van der Waals surface area (Å²) in [6.07, 6.45) is 5.72. The molecule has 0 saturated carbocycles. The Kier molecular flexibility index (Phi) is 4.43. The lowest BCUT2D eigenvalue weighted by Gasteiger charge is -2.13. The molecular formula is C15H22N2O2. The van der Waals surface area contributed by atoms with Crippen LogP contribution in [0, 0.1) is 6.92 Å². The van der Waals surface area contributed by atoms with Gasteiger partial charge in [0.2, 0.25) is 0 Å². The lowest BCUT2D eigenvalue weighted by Crippen LogP contribution is -2.09. The van der Waals surface area contributed by atoms with Gasteiger partial charge in [-0.25, -0.2) is 0 Å². The van der Waals surface area contributed by atoms with Crippen LogP contribution < -0.4 is 0 Å². The van der Waals surface area contributed by atoms with Crippen molar-refractivity contribution in [1.82, 2.24) is 9.78 Å². The molecule has 2 aromatic heterocycles. The number of aliphatic hydroxyl groups excluding tert-OH is 1. The van der Waals surface area contributed by atoms with Gasteiger partial charge in [-0.1, -0.05) is 13.8 Å². The second-order valence-corrected chi connectivity index (χ2v) is 4.91. The van der Waals surface area contributed by atoms with E-state index in [0.29, 0.717) is 12.5 Å². The van der Waals surface area contributed by atoms with Crippen LogP contribution in [0.1, 0.15) is 55.9 Å². The number of nitrogens with zero attached hydrogens (tertiary/aromatic N) is 2. The molecule has 0 bridgehead atoms. The molecule has 0 saturated heterocycles. The van der Waals surface area contributed by atoms with Gasteiger partial charge in [-0.2, -0.15) is 5.10 Å². The minimum atomic E-state index is -0.552. The van der Waals surface area contributed by atoms with Crippen LogP contribution in [0.2, 0.25) is 0 Å². The molecule has 1 unspecified atom stereocenters. The molecule has 0 aromatic carbocycles. The van der Waals surface area contributed by atoms with Crippen LogP contribution in [-0.4, -0.2) is 14.9 Å². The number of hydrogen-bond acceptors (Lipinski definition) is 3. The fourth-order valence-electron chi connectivity index (χ4n) is 2.40. The molecule has 19 heavy (non-hydrogen) atoms. The van der Waals surface area contributed by atoms with Crippen LogP contribution in [-0.2, 0) is 6.42 Å². The fourth-order valence-corrected chi connectivity index (χ4v) is 2.40. The van der Waals surface area contributed by atoms with E-state index >= 15 is 0 Å². The van der Waals surface area contributed by atoms with Crippen LogP contribution in [0.4, 0.5) is 0 Å². The summed E-state index contributed by atoms with van der Waals surface area (Å²) >= 11 is 0. The van der Waals surface area contributed by atoms with Gasteiger partial charge in [-0.3, -0.25) is 4.68 Å². The van der Waals surface area contributed by atoms with Crippen LogP contribution in [0.5, 0.6) is 0 Å². The lowest BCUT2D eigenvalue weighted by atomic mass is 10.1. The van der Waals surface area contributed by atoms with Gasteiger partial charge in [-0.15, -0.1) is 0 Å². The average molecular weight is 262 g/mol. The van der Waals surface area contributed by atoms with Crippen molar-refractivity contribution >= 4 is 0 Å². The molecule has 0 spiro atoms. The highest BCUT2D eigenvalue weighted by Crippen LogP contribution is 2.22. The van der Waals surface area contributed by atoms with Crippen LogP contribution in [0.15, 0.2) is 29.0 Å². The Labute approximate surface area is 114 Å². The lowest BCUT2D eigenvalue weighted by molar-refractivity contribution is 0.174. The molecule has 2 aromatic rings. The number of aromatic nitrogens is 2. The molecule has 0 aliphatic heterocycles. The first-order chi connectivity index (χ1) is 9.15. The van der Waals surface area contributed by atoms with Crippen molar-refractivity contribution in [3.8, 4) is 0 Å². The Morgan fingerprint density at radius 1 is 1.32 bits per heavy atom. The first-order valence-electron chi connectivity index (χ1n) is 6.91. The quantitative estimate of drug-likeness (QED) is 0.867. The summed E-state index contributed by atoms with van der Waals surface area (Å²) in [7, 11) is 0. The zero-order chi connectivity index (χ0) is 13.8. The summed E-state index contributed by atoms with van der Waals surface area (Å²) in [4.78, 5) is 0. The van der Waals surface area contributed by atoms with E-state index in [9.17, 15) is 5.11 Å². The van der Waals surface area contributed by atoms with Crippen LogP contribution in [0.25, 0.3) is 0 Å². The van der Waals surface area contributed by atoms with Gasteiger partial charge in [-0.05, 0) is 31.9 Å². The van der Waals surface area contributed by atoms with E-state index in [2.05, 4.69) is 18.9 Å². The summed E-state index contributed by atoms with van der Waals surface area (Å²) in [6.45, 7) is 6.19. The maximum atomic E-state index is 10.2. The highest BCUT2D eigenvalue weighted by molar-refractivity contribution is 5.20. The zero-order valence-corrected chi connectivity index (χ0v) is 11.8. The normalized spacial score (nSPS) is 13.1. The molecule has 0 radical (unpaired) electrons. The Morgan fingerprint density at radius 2 is 2.05 bits per heavy atom. The third-order valence-electron chi connectivity index (χ3n) is 3.64. The topological polar surface area (TPSA) is 51.2 Å². The van der Waals surface area contributed by atoms with E-state index < -0.39 is 6.10 Å². The highest BCUT2D eigenvalue weighted by Gasteiger charge is 2.15. The van der Waals surface area contributed by atoms with Crippen LogP contribution in [0.3, 0.4) is 0 Å². The molecular weight excluding hydrogens is 240 g/mol. The molecule has 104 valence electrons. The molecule has 2 heterocycles. The second kappa shape index (κ2) is 6.06. The highest BCUT2D eigenvalue weighted by atomic mass is 16.3. The van der Waals surface area contributed by atoms with E-state index in [1.54, 1.807) is 6.26 Å². The summed E-state index contributed by atoms with van der Waals surface area (Å²) in [5, 5.41) is 14.8. The average Bonchev–Trinajstić information content (AvgIpc) is 3.00. The Hall–Kier alpha value is -1.55. The van der Waals surface area contributed by atoms with E-state index in [1.165, 1.54) is 0 Å². The van der Waals surface area contributed by atoms with E-state index in [4.69, 9.17) is 4.42 Å². The van der Waals surface area contributed by atoms with Gasteiger partial charge in [0, 0.05) is 18.2 Å². The van der Waals surface area contributed by atoms with Gasteiger partial charge in [0.25, 0.3) is 0 Å². The second-order valence-electron chi connectivity index (χ2n) is 4.91. The minimum absolute atomic E-state index is 0.446. The predicted octanol–water partition coefficient (Wildman–Crippen LogP) is 3.42. The standard InChI is InChI=1S/C15H22N2O2/c1-4-13(5-2)17-8-6-12(16-17)10-15(18)14-7-9-19-11(14)3/h6-9,13,15,18H,4-5,10H2,1-3H3. The SMILES string of the molecule is CCC(CC)n1ccc(CC(O)c2ccoc2C)n1. The molecule has 0 amide bonds. The Balaban J connectivity index is 2.06. The summed E-state index contributed by atoms with van der Waals surface area (Å²) in [6, 6.07) is 4.25. The Bertz CT molecular complexity index is 512. The molecule has 2 rings (SSSR count). The van der Waals surface area contributed by atoms with Gasteiger partial charge >= 0.3 is 0 Å². The van der Waals surface area contributed by atoms with Crippen LogP contribution >= 0.6 is 0 Å². The predicted molar refractivity (Wildman–Crippen MR) is 74.0 cm³/mol. The van der Waals surface area contributed by atoms with E-state index in [-0.39, 0.29) is 0 Å². The molecule has 4 nitrogen and oxygen atoms in total. The summed E-state index contributed by atoms with van der Waals surface area (Å²) < 4.78 is 7.22. The largest absolute Gasteiger partial charge is 0.469 e. The molecule has 0 fully saturated rings. The minimum Gasteiger partial charge on any atom is -0.469 e.